The molecule has 0 aliphatic heterocycles. The van der Waals surface area contributed by atoms with Crippen molar-refractivity contribution in [1.29, 1.82) is 0 Å². The van der Waals surface area contributed by atoms with Crippen molar-refractivity contribution >= 4 is 0 Å². The Kier molecular flexibility index (Phi) is 4.65. The van der Waals surface area contributed by atoms with E-state index in [4.69, 9.17) is 4.74 Å². The molecule has 18 heavy (non-hydrogen) atoms. The third-order valence-corrected chi connectivity index (χ3v) is 4.24. The van der Waals surface area contributed by atoms with Crippen LogP contribution in [0.5, 0.6) is 5.75 Å². The zero-order chi connectivity index (χ0) is 13.0. The van der Waals surface area contributed by atoms with Crippen LogP contribution < -0.4 is 10.1 Å². The molecule has 1 aliphatic rings. The van der Waals surface area contributed by atoms with Crippen LogP contribution in [-0.2, 0) is 0 Å². The van der Waals surface area contributed by atoms with Crippen molar-refractivity contribution < 1.29 is 4.74 Å². The van der Waals surface area contributed by atoms with E-state index in [1.54, 1.807) is 7.11 Å². The monoisotopic (exact) mass is 247 g/mol. The van der Waals surface area contributed by atoms with Gasteiger partial charge in [-0.2, -0.15) is 0 Å². The van der Waals surface area contributed by atoms with Gasteiger partial charge in [-0.25, -0.2) is 0 Å². The van der Waals surface area contributed by atoms with Crippen LogP contribution in [0.2, 0.25) is 0 Å². The molecule has 2 heteroatoms. The summed E-state index contributed by atoms with van der Waals surface area (Å²) in [6.07, 6.45) is 5.58. The molecule has 0 spiro atoms. The molecule has 1 N–H and O–H groups in total. The SMILES string of the molecule is CNCC(c1ccc(OC)c(C)c1)C1CCCC1. The van der Waals surface area contributed by atoms with E-state index in [-0.39, 0.29) is 0 Å². The van der Waals surface area contributed by atoms with Crippen LogP contribution in [0.15, 0.2) is 18.2 Å². The van der Waals surface area contributed by atoms with Gasteiger partial charge in [0.05, 0.1) is 7.11 Å². The van der Waals surface area contributed by atoms with Crippen molar-refractivity contribution in [3.05, 3.63) is 29.3 Å². The topological polar surface area (TPSA) is 21.3 Å². The Balaban J connectivity index is 2.21. The highest BCUT2D eigenvalue weighted by molar-refractivity contribution is 5.38. The maximum Gasteiger partial charge on any atom is 0.121 e. The first-order valence-electron chi connectivity index (χ1n) is 7.05. The van der Waals surface area contributed by atoms with Gasteiger partial charge in [0.1, 0.15) is 5.75 Å². The second-order valence-corrected chi connectivity index (χ2v) is 5.44. The lowest BCUT2D eigenvalue weighted by atomic mass is 9.84. The first kappa shape index (κ1) is 13.4. The van der Waals surface area contributed by atoms with E-state index < -0.39 is 0 Å². The number of methoxy groups -OCH3 is 1. The molecule has 1 atom stereocenters. The molecule has 1 aromatic carbocycles. The van der Waals surface area contributed by atoms with Gasteiger partial charge in [-0.15, -0.1) is 0 Å². The van der Waals surface area contributed by atoms with Gasteiger partial charge in [-0.3, -0.25) is 0 Å². The minimum atomic E-state index is 0.655. The predicted molar refractivity (Wildman–Crippen MR) is 76.4 cm³/mol. The first-order valence-corrected chi connectivity index (χ1v) is 7.05. The molecule has 0 saturated heterocycles. The van der Waals surface area contributed by atoms with Crippen molar-refractivity contribution in [2.75, 3.05) is 20.7 Å². The molecular weight excluding hydrogens is 222 g/mol. The van der Waals surface area contributed by atoms with E-state index >= 15 is 0 Å². The Bertz CT molecular complexity index is 383. The molecule has 0 aromatic heterocycles. The van der Waals surface area contributed by atoms with Crippen LogP contribution in [0, 0.1) is 12.8 Å². The molecule has 1 aliphatic carbocycles. The lowest BCUT2D eigenvalue weighted by Crippen LogP contribution is -2.23. The van der Waals surface area contributed by atoms with Crippen molar-refractivity contribution in [2.24, 2.45) is 5.92 Å². The minimum absolute atomic E-state index is 0.655. The van der Waals surface area contributed by atoms with Crippen LogP contribution in [0.1, 0.15) is 42.7 Å². The molecule has 1 saturated carbocycles. The van der Waals surface area contributed by atoms with Crippen LogP contribution >= 0.6 is 0 Å². The quantitative estimate of drug-likeness (QED) is 0.860. The van der Waals surface area contributed by atoms with E-state index in [0.717, 1.165) is 18.2 Å². The van der Waals surface area contributed by atoms with E-state index in [1.807, 2.05) is 0 Å². The zero-order valence-electron chi connectivity index (χ0n) is 11.8. The number of aryl methyl sites for hydroxylation is 1. The summed E-state index contributed by atoms with van der Waals surface area (Å²) in [5.41, 5.74) is 2.71. The first-order chi connectivity index (χ1) is 8.76. The van der Waals surface area contributed by atoms with E-state index in [2.05, 4.69) is 37.5 Å². The van der Waals surface area contributed by atoms with Crippen molar-refractivity contribution in [2.45, 2.75) is 38.5 Å². The highest BCUT2D eigenvalue weighted by Gasteiger charge is 2.26. The predicted octanol–water partition coefficient (Wildman–Crippen LogP) is 3.50. The Hall–Kier alpha value is -1.02. The molecule has 1 fully saturated rings. The third kappa shape index (κ3) is 2.86. The fraction of sp³-hybridized carbons (Fsp3) is 0.625. The van der Waals surface area contributed by atoms with Crippen LogP contribution in [0.3, 0.4) is 0 Å². The molecule has 100 valence electrons. The summed E-state index contributed by atoms with van der Waals surface area (Å²) in [4.78, 5) is 0. The maximum atomic E-state index is 5.35. The molecule has 0 amide bonds. The number of rotatable bonds is 5. The van der Waals surface area contributed by atoms with Gasteiger partial charge in [-0.1, -0.05) is 25.0 Å². The van der Waals surface area contributed by atoms with Gasteiger partial charge in [0.2, 0.25) is 0 Å². The van der Waals surface area contributed by atoms with Crippen LogP contribution in [-0.4, -0.2) is 20.7 Å². The fourth-order valence-electron chi connectivity index (χ4n) is 3.27. The summed E-state index contributed by atoms with van der Waals surface area (Å²) in [7, 11) is 3.79. The maximum absolute atomic E-state index is 5.35. The van der Waals surface area contributed by atoms with Gasteiger partial charge >= 0.3 is 0 Å². The van der Waals surface area contributed by atoms with Crippen LogP contribution in [0.4, 0.5) is 0 Å². The Morgan fingerprint density at radius 1 is 1.33 bits per heavy atom. The Morgan fingerprint density at radius 3 is 2.61 bits per heavy atom. The number of hydrogen-bond acceptors (Lipinski definition) is 2. The van der Waals surface area contributed by atoms with E-state index in [1.165, 1.54) is 36.8 Å². The van der Waals surface area contributed by atoms with Gasteiger partial charge in [-0.05, 0) is 55.8 Å². The summed E-state index contributed by atoms with van der Waals surface area (Å²) in [6, 6.07) is 6.66. The van der Waals surface area contributed by atoms with E-state index in [9.17, 15) is 0 Å². The van der Waals surface area contributed by atoms with Crippen molar-refractivity contribution in [3.63, 3.8) is 0 Å². The lowest BCUT2D eigenvalue weighted by Gasteiger charge is -2.24. The molecular formula is C16H25NO. The number of likely N-dealkylation sites (N-methyl/N-ethyl adjacent to an activating group) is 1. The second kappa shape index (κ2) is 6.24. The Morgan fingerprint density at radius 2 is 2.06 bits per heavy atom. The van der Waals surface area contributed by atoms with Gasteiger partial charge in [0.25, 0.3) is 0 Å². The number of nitrogens with one attached hydrogen (secondary N) is 1. The largest absolute Gasteiger partial charge is 0.496 e. The molecule has 1 aromatic rings. The normalized spacial score (nSPS) is 17.9. The van der Waals surface area contributed by atoms with Gasteiger partial charge < -0.3 is 10.1 Å². The van der Waals surface area contributed by atoms with Crippen molar-refractivity contribution in [1.82, 2.24) is 5.32 Å². The number of hydrogen-bond donors (Lipinski definition) is 1. The van der Waals surface area contributed by atoms with Crippen LogP contribution in [0.25, 0.3) is 0 Å². The molecule has 0 heterocycles. The summed E-state index contributed by atoms with van der Waals surface area (Å²) >= 11 is 0. The average Bonchev–Trinajstić information content (AvgIpc) is 2.89. The summed E-state index contributed by atoms with van der Waals surface area (Å²) in [5, 5.41) is 3.36. The number of benzene rings is 1. The number of ether oxygens (including phenoxy) is 1. The summed E-state index contributed by atoms with van der Waals surface area (Å²) in [6.45, 7) is 3.21. The average molecular weight is 247 g/mol. The molecule has 1 unspecified atom stereocenters. The lowest BCUT2D eigenvalue weighted by molar-refractivity contribution is 0.407. The minimum Gasteiger partial charge on any atom is -0.496 e. The van der Waals surface area contributed by atoms with Crippen molar-refractivity contribution in [3.8, 4) is 5.75 Å². The van der Waals surface area contributed by atoms with E-state index in [0.29, 0.717) is 5.92 Å². The van der Waals surface area contributed by atoms with Gasteiger partial charge in [0.15, 0.2) is 0 Å². The molecule has 2 rings (SSSR count). The molecule has 2 nitrogen and oxygen atoms in total. The fourth-order valence-corrected chi connectivity index (χ4v) is 3.27. The molecule has 0 radical (unpaired) electrons. The summed E-state index contributed by atoms with van der Waals surface area (Å²) < 4.78 is 5.35. The second-order valence-electron chi connectivity index (χ2n) is 5.44. The Labute approximate surface area is 111 Å². The standard InChI is InChI=1S/C16H25NO/c1-12-10-14(8-9-16(12)18-3)15(11-17-2)13-6-4-5-7-13/h8-10,13,15,17H,4-7,11H2,1-3H3. The summed E-state index contributed by atoms with van der Waals surface area (Å²) in [5.74, 6) is 2.50. The molecule has 0 bridgehead atoms. The smallest absolute Gasteiger partial charge is 0.121 e. The zero-order valence-corrected chi connectivity index (χ0v) is 11.8. The van der Waals surface area contributed by atoms with Gasteiger partial charge in [0, 0.05) is 6.54 Å². The highest BCUT2D eigenvalue weighted by Crippen LogP contribution is 2.38. The highest BCUT2D eigenvalue weighted by atomic mass is 16.5. The third-order valence-electron chi connectivity index (χ3n) is 4.24.